The number of sulfonamides is 1. The molecule has 7 heteroatoms. The highest BCUT2D eigenvalue weighted by atomic mass is 35.5. The number of nitrogens with one attached hydrogen (secondary N) is 1. The molecule has 110 valence electrons. The van der Waals surface area contributed by atoms with E-state index in [2.05, 4.69) is 4.72 Å². The summed E-state index contributed by atoms with van der Waals surface area (Å²) >= 11 is 5.93. The zero-order valence-corrected chi connectivity index (χ0v) is 13.0. The molecule has 21 heavy (non-hydrogen) atoms. The number of hydrogen-bond acceptors (Lipinski definition) is 4. The van der Waals surface area contributed by atoms with Gasteiger partial charge in [0.15, 0.2) is 0 Å². The lowest BCUT2D eigenvalue weighted by molar-refractivity contribution is 0.441. The van der Waals surface area contributed by atoms with Crippen molar-refractivity contribution < 1.29 is 12.8 Å². The Kier molecular flexibility index (Phi) is 4.37. The maximum Gasteiger partial charge on any atom is 0.242 e. The van der Waals surface area contributed by atoms with E-state index < -0.39 is 16.1 Å². The molecule has 0 saturated carbocycles. The third-order valence-corrected chi connectivity index (χ3v) is 4.89. The van der Waals surface area contributed by atoms with Crippen LogP contribution in [0.15, 0.2) is 39.6 Å². The highest BCUT2D eigenvalue weighted by Crippen LogP contribution is 2.25. The van der Waals surface area contributed by atoms with E-state index in [1.807, 2.05) is 6.07 Å². The van der Waals surface area contributed by atoms with Crippen molar-refractivity contribution in [2.24, 2.45) is 0 Å². The molecule has 1 aromatic heterocycles. The SMILES string of the molecule is Cc1ccc(C(C)NS(=O)(=O)c2ccc(C#N)cc2Cl)o1. The number of nitriles is 1. The molecule has 1 heterocycles. The first-order chi connectivity index (χ1) is 9.83. The Bertz CT molecular complexity index is 806. The second-order valence-corrected chi connectivity index (χ2v) is 6.64. The van der Waals surface area contributed by atoms with Crippen molar-refractivity contribution in [3.8, 4) is 6.07 Å². The summed E-state index contributed by atoms with van der Waals surface area (Å²) in [6.07, 6.45) is 0. The molecule has 1 atom stereocenters. The molecular weight excluding hydrogens is 312 g/mol. The minimum Gasteiger partial charge on any atom is -0.465 e. The zero-order valence-electron chi connectivity index (χ0n) is 11.4. The van der Waals surface area contributed by atoms with Gasteiger partial charge in [-0.25, -0.2) is 13.1 Å². The first kappa shape index (κ1) is 15.6. The van der Waals surface area contributed by atoms with Gasteiger partial charge in [-0.15, -0.1) is 0 Å². The van der Waals surface area contributed by atoms with Crippen molar-refractivity contribution in [2.75, 3.05) is 0 Å². The summed E-state index contributed by atoms with van der Waals surface area (Å²) in [7, 11) is -3.81. The van der Waals surface area contributed by atoms with Crippen LogP contribution in [0.5, 0.6) is 0 Å². The fraction of sp³-hybridized carbons (Fsp3) is 0.214. The molecule has 1 aromatic carbocycles. The summed E-state index contributed by atoms with van der Waals surface area (Å²) in [6, 6.07) is 8.87. The van der Waals surface area contributed by atoms with Crippen LogP contribution in [-0.2, 0) is 10.0 Å². The average Bonchev–Trinajstić information content (AvgIpc) is 2.84. The molecule has 1 N–H and O–H groups in total. The Hall–Kier alpha value is -1.81. The van der Waals surface area contributed by atoms with Gasteiger partial charge in [0.2, 0.25) is 10.0 Å². The quantitative estimate of drug-likeness (QED) is 0.936. The van der Waals surface area contributed by atoms with E-state index in [0.29, 0.717) is 17.1 Å². The first-order valence-corrected chi connectivity index (χ1v) is 7.98. The Morgan fingerprint density at radius 2 is 2.05 bits per heavy atom. The summed E-state index contributed by atoms with van der Waals surface area (Å²) in [5, 5.41) is 8.77. The van der Waals surface area contributed by atoms with Crippen LogP contribution in [0.25, 0.3) is 0 Å². The minimum atomic E-state index is -3.81. The normalized spacial score (nSPS) is 12.9. The third kappa shape index (κ3) is 3.45. The van der Waals surface area contributed by atoms with Gasteiger partial charge in [-0.1, -0.05) is 11.6 Å². The van der Waals surface area contributed by atoms with Gasteiger partial charge in [0.25, 0.3) is 0 Å². The molecule has 0 spiro atoms. The summed E-state index contributed by atoms with van der Waals surface area (Å²) in [6.45, 7) is 3.45. The lowest BCUT2D eigenvalue weighted by Crippen LogP contribution is -2.26. The predicted molar refractivity (Wildman–Crippen MR) is 78.3 cm³/mol. The van der Waals surface area contributed by atoms with Gasteiger partial charge >= 0.3 is 0 Å². The predicted octanol–water partition coefficient (Wildman–Crippen LogP) is 3.15. The monoisotopic (exact) mass is 324 g/mol. The molecule has 0 bridgehead atoms. The molecule has 0 aliphatic rings. The number of benzene rings is 1. The number of furan rings is 1. The van der Waals surface area contributed by atoms with Gasteiger partial charge in [-0.2, -0.15) is 5.26 Å². The van der Waals surface area contributed by atoms with E-state index >= 15 is 0 Å². The molecule has 0 saturated heterocycles. The van der Waals surface area contributed by atoms with Crippen molar-refractivity contribution in [3.05, 3.63) is 52.4 Å². The smallest absolute Gasteiger partial charge is 0.242 e. The molecule has 1 unspecified atom stereocenters. The molecule has 2 rings (SSSR count). The topological polar surface area (TPSA) is 83.1 Å². The van der Waals surface area contributed by atoms with Crippen molar-refractivity contribution in [3.63, 3.8) is 0 Å². The molecule has 0 aliphatic heterocycles. The first-order valence-electron chi connectivity index (χ1n) is 6.12. The second kappa shape index (κ2) is 5.90. The summed E-state index contributed by atoms with van der Waals surface area (Å²) < 4.78 is 32.5. The molecule has 2 aromatic rings. The van der Waals surface area contributed by atoms with Crippen LogP contribution in [-0.4, -0.2) is 8.42 Å². The van der Waals surface area contributed by atoms with Crippen LogP contribution in [0.3, 0.4) is 0 Å². The largest absolute Gasteiger partial charge is 0.465 e. The molecule has 0 radical (unpaired) electrons. The van der Waals surface area contributed by atoms with Gasteiger partial charge < -0.3 is 4.42 Å². The van der Waals surface area contributed by atoms with Crippen molar-refractivity contribution >= 4 is 21.6 Å². The summed E-state index contributed by atoms with van der Waals surface area (Å²) in [4.78, 5) is -0.0710. The molecule has 0 aliphatic carbocycles. The van der Waals surface area contributed by atoms with Gasteiger partial charge in [0.05, 0.1) is 22.7 Å². The van der Waals surface area contributed by atoms with Crippen LogP contribution in [0.1, 0.15) is 30.0 Å². The lowest BCUT2D eigenvalue weighted by Gasteiger charge is -2.13. The fourth-order valence-corrected chi connectivity index (χ4v) is 3.59. The minimum absolute atomic E-state index is 0.00405. The van der Waals surface area contributed by atoms with E-state index in [1.165, 1.54) is 18.2 Å². The lowest BCUT2D eigenvalue weighted by atomic mass is 10.2. The van der Waals surface area contributed by atoms with E-state index in [0.717, 1.165) is 0 Å². The van der Waals surface area contributed by atoms with Crippen LogP contribution < -0.4 is 4.72 Å². The Balaban J connectivity index is 2.28. The zero-order chi connectivity index (χ0) is 15.6. The van der Waals surface area contributed by atoms with E-state index in [1.54, 1.807) is 26.0 Å². The van der Waals surface area contributed by atoms with Crippen molar-refractivity contribution in [2.45, 2.75) is 24.8 Å². The Morgan fingerprint density at radius 1 is 1.33 bits per heavy atom. The molecule has 0 amide bonds. The molecule has 5 nitrogen and oxygen atoms in total. The van der Waals surface area contributed by atoms with E-state index in [9.17, 15) is 8.42 Å². The van der Waals surface area contributed by atoms with Crippen LogP contribution in [0.4, 0.5) is 0 Å². The van der Waals surface area contributed by atoms with Gasteiger partial charge in [-0.3, -0.25) is 0 Å². The van der Waals surface area contributed by atoms with E-state index in [4.69, 9.17) is 21.3 Å². The fourth-order valence-electron chi connectivity index (χ4n) is 1.83. The maximum absolute atomic E-state index is 12.3. The number of nitrogens with zero attached hydrogens (tertiary/aromatic N) is 1. The molecule has 0 fully saturated rings. The Morgan fingerprint density at radius 3 is 2.57 bits per heavy atom. The van der Waals surface area contributed by atoms with Crippen molar-refractivity contribution in [1.82, 2.24) is 4.72 Å². The van der Waals surface area contributed by atoms with Crippen LogP contribution >= 0.6 is 11.6 Å². The van der Waals surface area contributed by atoms with E-state index in [-0.39, 0.29) is 9.92 Å². The number of aryl methyl sites for hydroxylation is 1. The number of hydrogen-bond donors (Lipinski definition) is 1. The Labute approximate surface area is 128 Å². The standard InChI is InChI=1S/C14H13ClN2O3S/c1-9-3-5-13(20-9)10(2)17-21(18,19)14-6-4-11(8-16)7-12(14)15/h3-7,10,17H,1-2H3. The number of rotatable bonds is 4. The van der Waals surface area contributed by atoms with Crippen LogP contribution in [0, 0.1) is 18.3 Å². The third-order valence-electron chi connectivity index (χ3n) is 2.87. The number of halogens is 1. The van der Waals surface area contributed by atoms with Gasteiger partial charge in [0.1, 0.15) is 16.4 Å². The van der Waals surface area contributed by atoms with Gasteiger partial charge in [-0.05, 0) is 44.2 Å². The highest BCUT2D eigenvalue weighted by Gasteiger charge is 2.22. The summed E-state index contributed by atoms with van der Waals surface area (Å²) in [5.74, 6) is 1.22. The van der Waals surface area contributed by atoms with Gasteiger partial charge in [0, 0.05) is 0 Å². The molecular formula is C14H13ClN2O3S. The summed E-state index contributed by atoms with van der Waals surface area (Å²) in [5.41, 5.74) is 0.300. The van der Waals surface area contributed by atoms with Crippen molar-refractivity contribution in [1.29, 1.82) is 5.26 Å². The average molecular weight is 325 g/mol. The highest BCUT2D eigenvalue weighted by molar-refractivity contribution is 7.89. The van der Waals surface area contributed by atoms with Crippen LogP contribution in [0.2, 0.25) is 5.02 Å². The maximum atomic E-state index is 12.3. The second-order valence-electron chi connectivity index (χ2n) is 4.55.